The maximum atomic E-state index is 13.4. The van der Waals surface area contributed by atoms with Gasteiger partial charge in [0.2, 0.25) is 0 Å². The highest BCUT2D eigenvalue weighted by Gasteiger charge is 2.28. The predicted octanol–water partition coefficient (Wildman–Crippen LogP) is 3.11. The number of carbonyl (C=O) groups excluding carboxylic acids is 1. The van der Waals surface area contributed by atoms with E-state index in [-0.39, 0.29) is 11.5 Å². The van der Waals surface area contributed by atoms with Crippen LogP contribution < -0.4 is 9.47 Å². The summed E-state index contributed by atoms with van der Waals surface area (Å²) < 4.78 is 37.9. The van der Waals surface area contributed by atoms with Gasteiger partial charge in [-0.2, -0.15) is 0 Å². The van der Waals surface area contributed by atoms with Crippen LogP contribution in [-0.2, 0) is 19.4 Å². The van der Waals surface area contributed by atoms with Crippen molar-refractivity contribution >= 4 is 5.91 Å². The first-order chi connectivity index (χ1) is 12.0. The Morgan fingerprint density at radius 1 is 1.12 bits per heavy atom. The average molecular weight is 345 g/mol. The number of nitrogens with zero attached hydrogens (tertiary/aromatic N) is 1. The Hall–Kier alpha value is -2.63. The van der Waals surface area contributed by atoms with Gasteiger partial charge in [0.15, 0.2) is 11.6 Å². The number of fused-ring (bicyclic) bond motifs is 2. The number of halogens is 2. The number of carbonyl (C=O) groups is 1. The Morgan fingerprint density at radius 2 is 1.92 bits per heavy atom. The monoisotopic (exact) mass is 345 g/mol. The molecule has 6 heteroatoms. The van der Waals surface area contributed by atoms with Gasteiger partial charge in [0.1, 0.15) is 11.5 Å². The maximum absolute atomic E-state index is 13.4. The lowest BCUT2D eigenvalue weighted by atomic mass is 9.99. The van der Waals surface area contributed by atoms with E-state index in [0.29, 0.717) is 19.8 Å². The smallest absolute Gasteiger partial charge is 0.254 e. The third kappa shape index (κ3) is 2.71. The highest BCUT2D eigenvalue weighted by atomic mass is 19.2. The van der Waals surface area contributed by atoms with E-state index in [4.69, 9.17) is 9.47 Å². The first kappa shape index (κ1) is 15.9. The molecule has 4 nitrogen and oxygen atoms in total. The third-order valence-electron chi connectivity index (χ3n) is 4.67. The van der Waals surface area contributed by atoms with Crippen LogP contribution in [0.3, 0.4) is 0 Å². The molecule has 1 amide bonds. The van der Waals surface area contributed by atoms with Gasteiger partial charge in [-0.1, -0.05) is 0 Å². The molecule has 0 aliphatic carbocycles. The minimum Gasteiger partial charge on any atom is -0.493 e. The van der Waals surface area contributed by atoms with E-state index in [9.17, 15) is 13.6 Å². The van der Waals surface area contributed by atoms with Crippen molar-refractivity contribution in [3.63, 3.8) is 0 Å². The molecule has 25 heavy (non-hydrogen) atoms. The van der Waals surface area contributed by atoms with Crippen molar-refractivity contribution in [3.05, 3.63) is 58.2 Å². The van der Waals surface area contributed by atoms with Crippen molar-refractivity contribution in [3.8, 4) is 11.5 Å². The zero-order valence-corrected chi connectivity index (χ0v) is 13.8. The van der Waals surface area contributed by atoms with Crippen LogP contribution in [0, 0.1) is 11.6 Å². The molecule has 0 atom stereocenters. The summed E-state index contributed by atoms with van der Waals surface area (Å²) in [7, 11) is 1.64. The van der Waals surface area contributed by atoms with Crippen LogP contribution in [0.15, 0.2) is 24.3 Å². The van der Waals surface area contributed by atoms with Gasteiger partial charge in [0.25, 0.3) is 5.91 Å². The van der Waals surface area contributed by atoms with Gasteiger partial charge in [-0.3, -0.25) is 4.79 Å². The first-order valence-electron chi connectivity index (χ1n) is 8.18. The number of ether oxygens (including phenoxy) is 2. The summed E-state index contributed by atoms with van der Waals surface area (Å²) in [6.45, 7) is 1.56. The molecule has 0 saturated carbocycles. The van der Waals surface area contributed by atoms with Crippen LogP contribution >= 0.6 is 0 Å². The molecule has 2 heterocycles. The van der Waals surface area contributed by atoms with E-state index in [1.807, 2.05) is 6.07 Å². The van der Waals surface area contributed by atoms with Crippen molar-refractivity contribution in [2.24, 2.45) is 0 Å². The van der Waals surface area contributed by atoms with Crippen molar-refractivity contribution < 1.29 is 23.0 Å². The molecule has 2 aromatic rings. The molecule has 0 radical (unpaired) electrons. The molecule has 0 bridgehead atoms. The van der Waals surface area contributed by atoms with Crippen LogP contribution in [0.4, 0.5) is 8.78 Å². The van der Waals surface area contributed by atoms with Gasteiger partial charge in [-0.25, -0.2) is 8.78 Å². The minimum atomic E-state index is -1.03. The highest BCUT2D eigenvalue weighted by Crippen LogP contribution is 2.41. The molecular weight excluding hydrogens is 328 g/mol. The fourth-order valence-electron chi connectivity index (χ4n) is 3.41. The summed E-state index contributed by atoms with van der Waals surface area (Å²) in [5.74, 6) is -0.690. The van der Waals surface area contributed by atoms with Gasteiger partial charge >= 0.3 is 0 Å². The molecule has 0 unspecified atom stereocenters. The van der Waals surface area contributed by atoms with Gasteiger partial charge in [0, 0.05) is 48.7 Å². The molecule has 2 aliphatic heterocycles. The second-order valence-corrected chi connectivity index (χ2v) is 6.31. The van der Waals surface area contributed by atoms with Crippen LogP contribution in [0.5, 0.6) is 11.5 Å². The van der Waals surface area contributed by atoms with Crippen molar-refractivity contribution in [2.75, 3.05) is 20.3 Å². The summed E-state index contributed by atoms with van der Waals surface area (Å²) in [5, 5.41) is 0. The Bertz CT molecular complexity index is 834. The lowest BCUT2D eigenvalue weighted by Gasteiger charge is -2.21. The second-order valence-electron chi connectivity index (χ2n) is 6.31. The topological polar surface area (TPSA) is 38.8 Å². The van der Waals surface area contributed by atoms with Gasteiger partial charge in [0.05, 0.1) is 13.2 Å². The number of hydrogen-bond donors (Lipinski definition) is 0. The van der Waals surface area contributed by atoms with Crippen LogP contribution in [0.1, 0.15) is 27.0 Å². The van der Waals surface area contributed by atoms with Crippen molar-refractivity contribution in [1.82, 2.24) is 4.90 Å². The third-order valence-corrected chi connectivity index (χ3v) is 4.67. The molecule has 0 aromatic heterocycles. The number of rotatable bonds is 3. The Labute approximate surface area is 144 Å². The summed E-state index contributed by atoms with van der Waals surface area (Å²) >= 11 is 0. The second kappa shape index (κ2) is 6.02. The Balaban J connectivity index is 1.64. The molecule has 130 valence electrons. The van der Waals surface area contributed by atoms with E-state index < -0.39 is 11.6 Å². The maximum Gasteiger partial charge on any atom is 0.254 e. The largest absolute Gasteiger partial charge is 0.493 e. The zero-order valence-electron chi connectivity index (χ0n) is 13.8. The van der Waals surface area contributed by atoms with Gasteiger partial charge < -0.3 is 14.4 Å². The molecule has 0 spiro atoms. The summed E-state index contributed by atoms with van der Waals surface area (Å²) in [6.07, 6.45) is 1.59. The van der Waals surface area contributed by atoms with E-state index in [0.717, 1.165) is 53.2 Å². The van der Waals surface area contributed by atoms with E-state index in [1.54, 1.807) is 7.05 Å². The molecule has 0 N–H and O–H groups in total. The highest BCUT2D eigenvalue weighted by molar-refractivity contribution is 5.94. The fraction of sp³-hybridized carbons (Fsp3) is 0.316. The molecule has 2 aromatic carbocycles. The fourth-order valence-corrected chi connectivity index (χ4v) is 3.41. The molecule has 0 fully saturated rings. The Morgan fingerprint density at radius 3 is 2.72 bits per heavy atom. The lowest BCUT2D eigenvalue weighted by molar-refractivity contribution is 0.0783. The minimum absolute atomic E-state index is 0.114. The van der Waals surface area contributed by atoms with Crippen LogP contribution in [-0.4, -0.2) is 31.1 Å². The predicted molar refractivity (Wildman–Crippen MR) is 87.0 cm³/mol. The van der Waals surface area contributed by atoms with E-state index in [2.05, 4.69) is 0 Å². The molecule has 0 saturated heterocycles. The number of amides is 1. The normalized spacial score (nSPS) is 14.5. The SMILES string of the molecule is CN(Cc1c2c(cc3c1OCC3)OCC2)C(=O)c1ccc(F)c(F)c1. The number of hydrogen-bond acceptors (Lipinski definition) is 3. The zero-order chi connectivity index (χ0) is 17.6. The number of benzene rings is 2. The standard InChI is InChI=1S/C19H17F2NO3/c1-22(19(23)12-2-3-15(20)16(21)8-12)10-14-13-5-7-24-17(13)9-11-4-6-25-18(11)14/h2-3,8-9H,4-7,10H2,1H3. The summed E-state index contributed by atoms with van der Waals surface area (Å²) in [4.78, 5) is 14.1. The van der Waals surface area contributed by atoms with Crippen molar-refractivity contribution in [2.45, 2.75) is 19.4 Å². The lowest BCUT2D eigenvalue weighted by Crippen LogP contribution is -2.27. The van der Waals surface area contributed by atoms with Gasteiger partial charge in [-0.15, -0.1) is 0 Å². The average Bonchev–Trinajstić information content (AvgIpc) is 3.25. The Kier molecular flexibility index (Phi) is 3.82. The van der Waals surface area contributed by atoms with Crippen LogP contribution in [0.25, 0.3) is 0 Å². The van der Waals surface area contributed by atoms with Crippen molar-refractivity contribution in [1.29, 1.82) is 0 Å². The van der Waals surface area contributed by atoms with Crippen LogP contribution in [0.2, 0.25) is 0 Å². The molecule has 4 rings (SSSR count). The van der Waals surface area contributed by atoms with Gasteiger partial charge in [-0.05, 0) is 24.3 Å². The summed E-state index contributed by atoms with van der Waals surface area (Å²) in [5.41, 5.74) is 3.21. The molecule has 2 aliphatic rings. The van der Waals surface area contributed by atoms with E-state index in [1.165, 1.54) is 11.0 Å². The molecular formula is C19H17F2NO3. The quantitative estimate of drug-likeness (QED) is 0.858. The summed E-state index contributed by atoms with van der Waals surface area (Å²) in [6, 6.07) is 5.20. The first-order valence-corrected chi connectivity index (χ1v) is 8.18. The van der Waals surface area contributed by atoms with E-state index >= 15 is 0 Å².